The summed E-state index contributed by atoms with van der Waals surface area (Å²) in [5.74, 6) is 0.915. The fourth-order valence-corrected chi connectivity index (χ4v) is 2.20. The van der Waals surface area contributed by atoms with Gasteiger partial charge in [-0.2, -0.15) is 12.6 Å². The third kappa shape index (κ3) is 2.76. The van der Waals surface area contributed by atoms with Gasteiger partial charge in [0.15, 0.2) is 0 Å². The average molecular weight is 223 g/mol. The maximum absolute atomic E-state index is 4.30. The molecule has 0 aliphatic heterocycles. The predicted octanol–water partition coefficient (Wildman–Crippen LogP) is 3.19. The Balaban J connectivity index is 3.07. The Bertz CT molecular complexity index is 334. The van der Waals surface area contributed by atoms with Gasteiger partial charge in [-0.3, -0.25) is 0 Å². The Morgan fingerprint density at radius 2 is 1.87 bits per heavy atom. The Morgan fingerprint density at radius 1 is 1.20 bits per heavy atom. The zero-order valence-corrected chi connectivity index (χ0v) is 11.0. The van der Waals surface area contributed by atoms with E-state index >= 15 is 0 Å². The molecule has 0 amide bonds. The molecule has 1 aromatic carbocycles. The normalized spacial score (nSPS) is 12.9. The fraction of sp³-hybridized carbons (Fsp3) is 0.538. The highest BCUT2D eigenvalue weighted by Gasteiger charge is 2.12. The molecular formula is C13H21NS. The van der Waals surface area contributed by atoms with Gasteiger partial charge in [0.05, 0.1) is 0 Å². The van der Waals surface area contributed by atoms with Crippen molar-refractivity contribution in [1.82, 2.24) is 5.32 Å². The van der Waals surface area contributed by atoms with Crippen LogP contribution in [-0.2, 0) is 0 Å². The molecule has 0 aromatic heterocycles. The molecule has 0 radical (unpaired) electrons. The van der Waals surface area contributed by atoms with Crippen LogP contribution in [0.4, 0.5) is 0 Å². The summed E-state index contributed by atoms with van der Waals surface area (Å²) in [6.07, 6.45) is 1.07. The first-order chi connectivity index (χ1) is 7.11. The predicted molar refractivity (Wildman–Crippen MR) is 70.9 cm³/mol. The van der Waals surface area contributed by atoms with E-state index < -0.39 is 0 Å². The summed E-state index contributed by atoms with van der Waals surface area (Å²) in [5, 5.41) is 3.36. The highest BCUT2D eigenvalue weighted by molar-refractivity contribution is 7.80. The second-order valence-corrected chi connectivity index (χ2v) is 4.52. The van der Waals surface area contributed by atoms with Gasteiger partial charge in [0, 0.05) is 6.04 Å². The summed E-state index contributed by atoms with van der Waals surface area (Å²) in [7, 11) is 2.02. The highest BCUT2D eigenvalue weighted by Crippen LogP contribution is 2.25. The highest BCUT2D eigenvalue weighted by atomic mass is 32.1. The van der Waals surface area contributed by atoms with Crippen molar-refractivity contribution in [3.8, 4) is 0 Å². The van der Waals surface area contributed by atoms with E-state index in [2.05, 4.69) is 50.8 Å². The summed E-state index contributed by atoms with van der Waals surface area (Å²) >= 11 is 4.30. The maximum atomic E-state index is 4.30. The van der Waals surface area contributed by atoms with E-state index in [0.29, 0.717) is 6.04 Å². The van der Waals surface area contributed by atoms with E-state index in [0.717, 1.165) is 12.2 Å². The molecule has 1 N–H and O–H groups in total. The van der Waals surface area contributed by atoms with Crippen molar-refractivity contribution in [2.45, 2.75) is 33.2 Å². The Labute approximate surface area is 98.7 Å². The van der Waals surface area contributed by atoms with Gasteiger partial charge in [-0.15, -0.1) is 0 Å². The summed E-state index contributed by atoms with van der Waals surface area (Å²) in [6, 6.07) is 4.88. The van der Waals surface area contributed by atoms with E-state index in [1.54, 1.807) is 0 Å². The Kier molecular flexibility index (Phi) is 4.68. The molecule has 0 saturated carbocycles. The van der Waals surface area contributed by atoms with Gasteiger partial charge in [-0.1, -0.05) is 12.1 Å². The molecule has 84 valence electrons. The van der Waals surface area contributed by atoms with E-state index in [1.165, 1.54) is 22.3 Å². The molecule has 0 spiro atoms. The van der Waals surface area contributed by atoms with Crippen LogP contribution < -0.4 is 5.32 Å². The zero-order valence-electron chi connectivity index (χ0n) is 10.1. The summed E-state index contributed by atoms with van der Waals surface area (Å²) in [5.41, 5.74) is 5.61. The maximum Gasteiger partial charge on any atom is 0.0328 e. The molecule has 15 heavy (non-hydrogen) atoms. The average Bonchev–Trinajstić information content (AvgIpc) is 2.24. The molecule has 1 unspecified atom stereocenters. The molecule has 1 rings (SSSR count). The van der Waals surface area contributed by atoms with Crippen LogP contribution in [0.3, 0.4) is 0 Å². The molecule has 0 aliphatic carbocycles. The lowest BCUT2D eigenvalue weighted by Gasteiger charge is -2.20. The zero-order chi connectivity index (χ0) is 11.4. The molecule has 2 heteroatoms. The summed E-state index contributed by atoms with van der Waals surface area (Å²) < 4.78 is 0. The summed E-state index contributed by atoms with van der Waals surface area (Å²) in [4.78, 5) is 0. The Hall–Kier alpha value is -0.470. The molecule has 0 saturated heterocycles. The molecule has 1 atom stereocenters. The number of hydrogen-bond acceptors (Lipinski definition) is 2. The Morgan fingerprint density at radius 3 is 2.40 bits per heavy atom. The van der Waals surface area contributed by atoms with E-state index in [4.69, 9.17) is 0 Å². The number of rotatable bonds is 4. The first-order valence-electron chi connectivity index (χ1n) is 5.46. The van der Waals surface area contributed by atoms with Gasteiger partial charge in [-0.05, 0) is 62.2 Å². The molecular weight excluding hydrogens is 202 g/mol. The topological polar surface area (TPSA) is 12.0 Å². The van der Waals surface area contributed by atoms with Crippen molar-refractivity contribution < 1.29 is 0 Å². The van der Waals surface area contributed by atoms with E-state index in [1.807, 2.05) is 7.05 Å². The second-order valence-electron chi connectivity index (χ2n) is 4.08. The lowest BCUT2D eigenvalue weighted by atomic mass is 9.93. The first-order valence-corrected chi connectivity index (χ1v) is 6.09. The number of aryl methyl sites for hydroxylation is 1. The van der Waals surface area contributed by atoms with Gasteiger partial charge in [0.2, 0.25) is 0 Å². The van der Waals surface area contributed by atoms with Gasteiger partial charge in [0.1, 0.15) is 0 Å². The third-order valence-corrected chi connectivity index (χ3v) is 3.50. The molecule has 0 heterocycles. The van der Waals surface area contributed by atoms with Crippen LogP contribution in [0.2, 0.25) is 0 Å². The van der Waals surface area contributed by atoms with Gasteiger partial charge < -0.3 is 5.32 Å². The van der Waals surface area contributed by atoms with Crippen LogP contribution in [0, 0.1) is 20.8 Å². The first kappa shape index (κ1) is 12.6. The van der Waals surface area contributed by atoms with E-state index in [-0.39, 0.29) is 0 Å². The number of hydrogen-bond donors (Lipinski definition) is 2. The van der Waals surface area contributed by atoms with Crippen molar-refractivity contribution in [1.29, 1.82) is 0 Å². The third-order valence-electron chi connectivity index (χ3n) is 3.24. The SMILES string of the molecule is CNC(CCS)c1ccc(C)c(C)c1C. The minimum Gasteiger partial charge on any atom is -0.313 e. The van der Waals surface area contributed by atoms with Crippen LogP contribution >= 0.6 is 12.6 Å². The van der Waals surface area contributed by atoms with Crippen molar-refractivity contribution in [3.05, 3.63) is 34.4 Å². The molecule has 1 aromatic rings. The van der Waals surface area contributed by atoms with Gasteiger partial charge >= 0.3 is 0 Å². The van der Waals surface area contributed by atoms with Crippen LogP contribution in [0.1, 0.15) is 34.7 Å². The number of nitrogens with one attached hydrogen (secondary N) is 1. The van der Waals surface area contributed by atoms with Crippen LogP contribution in [0.15, 0.2) is 12.1 Å². The molecule has 1 nitrogen and oxygen atoms in total. The van der Waals surface area contributed by atoms with Crippen molar-refractivity contribution >= 4 is 12.6 Å². The quantitative estimate of drug-likeness (QED) is 0.747. The van der Waals surface area contributed by atoms with Crippen molar-refractivity contribution in [2.75, 3.05) is 12.8 Å². The van der Waals surface area contributed by atoms with Crippen LogP contribution in [0.25, 0.3) is 0 Å². The van der Waals surface area contributed by atoms with Crippen molar-refractivity contribution in [2.24, 2.45) is 0 Å². The lowest BCUT2D eigenvalue weighted by molar-refractivity contribution is 0.578. The number of thiol groups is 1. The molecule has 0 aliphatic rings. The second kappa shape index (κ2) is 5.57. The minimum atomic E-state index is 0.432. The molecule has 0 fully saturated rings. The molecule has 0 bridgehead atoms. The largest absolute Gasteiger partial charge is 0.313 e. The monoisotopic (exact) mass is 223 g/mol. The van der Waals surface area contributed by atoms with Gasteiger partial charge in [-0.25, -0.2) is 0 Å². The van der Waals surface area contributed by atoms with E-state index in [9.17, 15) is 0 Å². The fourth-order valence-electron chi connectivity index (χ4n) is 1.94. The van der Waals surface area contributed by atoms with Crippen LogP contribution in [-0.4, -0.2) is 12.8 Å². The minimum absolute atomic E-state index is 0.432. The smallest absolute Gasteiger partial charge is 0.0328 e. The number of benzene rings is 1. The standard InChI is InChI=1S/C13H21NS/c1-9-5-6-12(11(3)10(9)2)13(14-4)7-8-15/h5-6,13-15H,7-8H2,1-4H3. The van der Waals surface area contributed by atoms with Gasteiger partial charge in [0.25, 0.3) is 0 Å². The van der Waals surface area contributed by atoms with Crippen LogP contribution in [0.5, 0.6) is 0 Å². The lowest BCUT2D eigenvalue weighted by Crippen LogP contribution is -2.18. The van der Waals surface area contributed by atoms with Crippen molar-refractivity contribution in [3.63, 3.8) is 0 Å². The summed E-state index contributed by atoms with van der Waals surface area (Å²) in [6.45, 7) is 6.57.